The molecule has 0 bridgehead atoms. The van der Waals surface area contributed by atoms with E-state index in [0.29, 0.717) is 11.4 Å². The SMILES string of the molecule is Cc1nc2ccccc2n1C(=O)/C(=C/c1ccccc1)c1ccccc1. The Hall–Kier alpha value is -3.46. The first kappa shape index (κ1) is 16.0. The lowest BCUT2D eigenvalue weighted by Crippen LogP contribution is -2.14. The fourth-order valence-electron chi connectivity index (χ4n) is 3.13. The Morgan fingerprint density at radius 2 is 1.46 bits per heavy atom. The van der Waals surface area contributed by atoms with Crippen molar-refractivity contribution in [1.29, 1.82) is 0 Å². The number of aromatic nitrogens is 2. The summed E-state index contributed by atoms with van der Waals surface area (Å²) >= 11 is 0. The first-order chi connectivity index (χ1) is 12.7. The zero-order valence-electron chi connectivity index (χ0n) is 14.5. The van der Waals surface area contributed by atoms with Gasteiger partial charge in [0.05, 0.1) is 11.0 Å². The third-order valence-corrected chi connectivity index (χ3v) is 4.36. The van der Waals surface area contributed by atoms with Gasteiger partial charge in [0.2, 0.25) is 0 Å². The summed E-state index contributed by atoms with van der Waals surface area (Å²) in [6, 6.07) is 27.4. The largest absolute Gasteiger partial charge is 0.268 e. The highest BCUT2D eigenvalue weighted by atomic mass is 16.2. The second-order valence-corrected chi connectivity index (χ2v) is 6.12. The number of benzene rings is 3. The summed E-state index contributed by atoms with van der Waals surface area (Å²) in [5, 5.41) is 0. The van der Waals surface area contributed by atoms with E-state index in [1.165, 1.54) is 0 Å². The molecule has 0 radical (unpaired) electrons. The maximum Gasteiger partial charge on any atom is 0.264 e. The first-order valence-electron chi connectivity index (χ1n) is 8.55. The minimum atomic E-state index is -0.0775. The van der Waals surface area contributed by atoms with Gasteiger partial charge in [-0.3, -0.25) is 9.36 Å². The molecule has 0 spiro atoms. The van der Waals surface area contributed by atoms with Crippen LogP contribution in [0.25, 0.3) is 22.7 Å². The van der Waals surface area contributed by atoms with Gasteiger partial charge in [0.25, 0.3) is 5.91 Å². The zero-order valence-corrected chi connectivity index (χ0v) is 14.5. The Balaban J connectivity index is 1.90. The van der Waals surface area contributed by atoms with E-state index in [9.17, 15) is 4.79 Å². The van der Waals surface area contributed by atoms with E-state index in [4.69, 9.17) is 0 Å². The molecule has 0 aliphatic rings. The van der Waals surface area contributed by atoms with Crippen molar-refractivity contribution in [3.63, 3.8) is 0 Å². The molecule has 4 aromatic rings. The van der Waals surface area contributed by atoms with Gasteiger partial charge in [-0.1, -0.05) is 72.8 Å². The number of carbonyl (C=O) groups excluding carboxylic acids is 1. The fraction of sp³-hybridized carbons (Fsp3) is 0.0435. The lowest BCUT2D eigenvalue weighted by Gasteiger charge is -2.10. The van der Waals surface area contributed by atoms with E-state index in [1.54, 1.807) is 4.57 Å². The van der Waals surface area contributed by atoms with Crippen molar-refractivity contribution in [2.45, 2.75) is 6.92 Å². The van der Waals surface area contributed by atoms with Crippen LogP contribution in [0, 0.1) is 6.92 Å². The van der Waals surface area contributed by atoms with Crippen LogP contribution >= 0.6 is 0 Å². The molecule has 0 saturated heterocycles. The number of para-hydroxylation sites is 2. The quantitative estimate of drug-likeness (QED) is 0.379. The summed E-state index contributed by atoms with van der Waals surface area (Å²) < 4.78 is 1.69. The molecule has 3 heteroatoms. The predicted octanol–water partition coefficient (Wildman–Crippen LogP) is 5.23. The van der Waals surface area contributed by atoms with Crippen molar-refractivity contribution in [2.75, 3.05) is 0 Å². The van der Waals surface area contributed by atoms with Gasteiger partial charge in [-0.05, 0) is 36.3 Å². The highest BCUT2D eigenvalue weighted by molar-refractivity contribution is 6.26. The number of hydrogen-bond donors (Lipinski definition) is 0. The molecule has 3 nitrogen and oxygen atoms in total. The van der Waals surface area contributed by atoms with Crippen molar-refractivity contribution in [3.05, 3.63) is 102 Å². The van der Waals surface area contributed by atoms with Gasteiger partial charge in [0, 0.05) is 5.57 Å². The van der Waals surface area contributed by atoms with Crippen LogP contribution in [-0.4, -0.2) is 15.5 Å². The molecule has 1 aromatic heterocycles. The second-order valence-electron chi connectivity index (χ2n) is 6.12. The van der Waals surface area contributed by atoms with Crippen LogP contribution in [0.2, 0.25) is 0 Å². The van der Waals surface area contributed by atoms with Gasteiger partial charge >= 0.3 is 0 Å². The van der Waals surface area contributed by atoms with E-state index >= 15 is 0 Å². The zero-order chi connectivity index (χ0) is 17.9. The minimum absolute atomic E-state index is 0.0775. The number of rotatable bonds is 3. The third kappa shape index (κ3) is 2.95. The van der Waals surface area contributed by atoms with Gasteiger partial charge in [-0.15, -0.1) is 0 Å². The molecule has 4 rings (SSSR count). The molecule has 0 atom stereocenters. The number of fused-ring (bicyclic) bond motifs is 1. The summed E-state index contributed by atoms with van der Waals surface area (Å²) in [5.74, 6) is 0.609. The Labute approximate surface area is 152 Å². The molecule has 0 amide bonds. The Morgan fingerprint density at radius 3 is 2.19 bits per heavy atom. The van der Waals surface area contributed by atoms with Crippen LogP contribution in [0.15, 0.2) is 84.9 Å². The minimum Gasteiger partial charge on any atom is -0.268 e. The molecule has 0 aliphatic carbocycles. The smallest absolute Gasteiger partial charge is 0.264 e. The number of hydrogen-bond acceptors (Lipinski definition) is 2. The van der Waals surface area contributed by atoms with Crippen molar-refractivity contribution in [3.8, 4) is 0 Å². The van der Waals surface area contributed by atoms with E-state index in [-0.39, 0.29) is 5.91 Å². The van der Waals surface area contributed by atoms with Crippen LogP contribution in [0.1, 0.15) is 21.7 Å². The van der Waals surface area contributed by atoms with E-state index < -0.39 is 0 Å². The lowest BCUT2D eigenvalue weighted by atomic mass is 10.0. The molecular weight excluding hydrogens is 320 g/mol. The molecule has 0 fully saturated rings. The summed E-state index contributed by atoms with van der Waals surface area (Å²) in [4.78, 5) is 18.0. The van der Waals surface area contributed by atoms with Crippen LogP contribution in [0.3, 0.4) is 0 Å². The summed E-state index contributed by atoms with van der Waals surface area (Å²) in [5.41, 5.74) is 4.17. The van der Waals surface area contributed by atoms with Crippen molar-refractivity contribution in [2.24, 2.45) is 0 Å². The maximum absolute atomic E-state index is 13.5. The molecule has 126 valence electrons. The molecule has 1 heterocycles. The second kappa shape index (κ2) is 6.81. The maximum atomic E-state index is 13.5. The normalized spacial score (nSPS) is 11.7. The lowest BCUT2D eigenvalue weighted by molar-refractivity contribution is 0.0983. The Kier molecular flexibility index (Phi) is 4.20. The number of nitrogens with zero attached hydrogens (tertiary/aromatic N) is 2. The average Bonchev–Trinajstić information content (AvgIpc) is 3.03. The molecule has 0 unspecified atom stereocenters. The van der Waals surface area contributed by atoms with E-state index in [1.807, 2.05) is 97.9 Å². The molecule has 3 aromatic carbocycles. The standard InChI is InChI=1S/C23H18N2O/c1-17-24-21-14-8-9-15-22(21)25(17)23(26)20(19-12-6-3-7-13-19)16-18-10-4-2-5-11-18/h2-16H,1H3/b20-16+. The van der Waals surface area contributed by atoms with E-state index in [0.717, 1.165) is 22.2 Å². The Bertz CT molecular complexity index is 1090. The highest BCUT2D eigenvalue weighted by Gasteiger charge is 2.19. The van der Waals surface area contributed by atoms with Crippen LogP contribution < -0.4 is 0 Å². The van der Waals surface area contributed by atoms with Crippen molar-refractivity contribution >= 4 is 28.6 Å². The summed E-state index contributed by atoms with van der Waals surface area (Å²) in [6.45, 7) is 1.86. The topological polar surface area (TPSA) is 34.9 Å². The number of aryl methyl sites for hydroxylation is 1. The summed E-state index contributed by atoms with van der Waals surface area (Å²) in [6.07, 6.45) is 1.94. The van der Waals surface area contributed by atoms with Crippen molar-refractivity contribution in [1.82, 2.24) is 9.55 Å². The first-order valence-corrected chi connectivity index (χ1v) is 8.55. The Morgan fingerprint density at radius 1 is 0.846 bits per heavy atom. The van der Waals surface area contributed by atoms with Crippen LogP contribution in [-0.2, 0) is 0 Å². The highest BCUT2D eigenvalue weighted by Crippen LogP contribution is 2.24. The van der Waals surface area contributed by atoms with Gasteiger partial charge in [0.1, 0.15) is 5.82 Å². The number of allylic oxidation sites excluding steroid dienone is 1. The molecule has 0 N–H and O–H groups in total. The van der Waals surface area contributed by atoms with E-state index in [2.05, 4.69) is 4.98 Å². The monoisotopic (exact) mass is 338 g/mol. The van der Waals surface area contributed by atoms with Gasteiger partial charge < -0.3 is 0 Å². The molecule has 0 saturated carbocycles. The molecule has 0 aliphatic heterocycles. The van der Waals surface area contributed by atoms with Crippen molar-refractivity contribution < 1.29 is 4.79 Å². The van der Waals surface area contributed by atoms with Gasteiger partial charge in [0.15, 0.2) is 0 Å². The molecular formula is C23H18N2O. The fourth-order valence-corrected chi connectivity index (χ4v) is 3.13. The predicted molar refractivity (Wildman–Crippen MR) is 106 cm³/mol. The average molecular weight is 338 g/mol. The van der Waals surface area contributed by atoms with Gasteiger partial charge in [-0.2, -0.15) is 0 Å². The van der Waals surface area contributed by atoms with Crippen LogP contribution in [0.5, 0.6) is 0 Å². The van der Waals surface area contributed by atoms with Gasteiger partial charge in [-0.25, -0.2) is 4.98 Å². The summed E-state index contributed by atoms with van der Waals surface area (Å²) in [7, 11) is 0. The van der Waals surface area contributed by atoms with Crippen LogP contribution in [0.4, 0.5) is 0 Å². The molecule has 26 heavy (non-hydrogen) atoms. The number of carbonyl (C=O) groups is 1. The third-order valence-electron chi connectivity index (χ3n) is 4.36. The number of imidazole rings is 1.